The second-order valence-corrected chi connectivity index (χ2v) is 5.49. The van der Waals surface area contributed by atoms with E-state index in [1.54, 1.807) is 6.07 Å². The number of aryl methyl sites for hydroxylation is 1. The van der Waals surface area contributed by atoms with Crippen LogP contribution in [0.2, 0.25) is 0 Å². The molecule has 0 aliphatic rings. The number of hydrogen-bond donors (Lipinski definition) is 2. The molecule has 0 aliphatic carbocycles. The maximum absolute atomic E-state index is 12.3. The van der Waals surface area contributed by atoms with E-state index in [1.807, 2.05) is 49.4 Å². The van der Waals surface area contributed by atoms with Gasteiger partial charge in [-0.05, 0) is 36.2 Å². The number of aliphatic hydroxyl groups is 1. The van der Waals surface area contributed by atoms with Gasteiger partial charge in [-0.3, -0.25) is 4.79 Å². The molecule has 0 aliphatic heterocycles. The quantitative estimate of drug-likeness (QED) is 0.902. The van der Waals surface area contributed by atoms with Crippen molar-refractivity contribution in [3.8, 4) is 0 Å². The Bertz CT molecular complexity index is 599. The summed E-state index contributed by atoms with van der Waals surface area (Å²) in [6.45, 7) is 1.75. The minimum atomic E-state index is -0.397. The first-order valence-corrected chi connectivity index (χ1v) is 7.14. The Balaban J connectivity index is 2.17. The standard InChI is InChI=1S/C16H16BrNO2/c1-11-9-13(17)7-8-14(11)16(20)18-15(10-19)12-5-3-2-4-6-12/h2-9,15,19H,10H2,1H3,(H,18,20)/t15-/m1/s1. The van der Waals surface area contributed by atoms with Crippen LogP contribution in [-0.2, 0) is 0 Å². The Morgan fingerprint density at radius 2 is 1.95 bits per heavy atom. The molecule has 2 aromatic rings. The SMILES string of the molecule is Cc1cc(Br)ccc1C(=O)N[C@H](CO)c1ccccc1. The van der Waals surface area contributed by atoms with E-state index in [0.29, 0.717) is 5.56 Å². The van der Waals surface area contributed by atoms with Gasteiger partial charge in [-0.25, -0.2) is 0 Å². The Morgan fingerprint density at radius 1 is 1.25 bits per heavy atom. The topological polar surface area (TPSA) is 49.3 Å². The zero-order valence-electron chi connectivity index (χ0n) is 11.1. The highest BCUT2D eigenvalue weighted by Gasteiger charge is 2.16. The fraction of sp³-hybridized carbons (Fsp3) is 0.188. The average molecular weight is 334 g/mol. The number of halogens is 1. The molecule has 0 unspecified atom stereocenters. The number of rotatable bonds is 4. The fourth-order valence-electron chi connectivity index (χ4n) is 2.04. The number of carbonyl (C=O) groups excluding carboxylic acids is 1. The molecule has 3 nitrogen and oxygen atoms in total. The van der Waals surface area contributed by atoms with Crippen molar-refractivity contribution >= 4 is 21.8 Å². The first kappa shape index (κ1) is 14.8. The largest absolute Gasteiger partial charge is 0.394 e. The van der Waals surface area contributed by atoms with Crippen LogP contribution in [0.25, 0.3) is 0 Å². The highest BCUT2D eigenvalue weighted by Crippen LogP contribution is 2.18. The van der Waals surface area contributed by atoms with Gasteiger partial charge < -0.3 is 10.4 Å². The summed E-state index contributed by atoms with van der Waals surface area (Å²) in [6, 6.07) is 14.5. The van der Waals surface area contributed by atoms with Crippen molar-refractivity contribution in [2.24, 2.45) is 0 Å². The molecule has 104 valence electrons. The summed E-state index contributed by atoms with van der Waals surface area (Å²) in [5, 5.41) is 12.3. The molecular formula is C16H16BrNO2. The lowest BCUT2D eigenvalue weighted by Crippen LogP contribution is -2.31. The monoisotopic (exact) mass is 333 g/mol. The molecule has 2 N–H and O–H groups in total. The van der Waals surface area contributed by atoms with Crippen molar-refractivity contribution in [2.75, 3.05) is 6.61 Å². The first-order valence-electron chi connectivity index (χ1n) is 6.34. The van der Waals surface area contributed by atoms with Crippen molar-refractivity contribution in [1.29, 1.82) is 0 Å². The van der Waals surface area contributed by atoms with E-state index in [2.05, 4.69) is 21.2 Å². The second-order valence-electron chi connectivity index (χ2n) is 4.58. The van der Waals surface area contributed by atoms with Crippen molar-refractivity contribution < 1.29 is 9.90 Å². The summed E-state index contributed by atoms with van der Waals surface area (Å²) in [5.41, 5.74) is 2.39. The van der Waals surface area contributed by atoms with Gasteiger partial charge in [0.25, 0.3) is 5.91 Å². The van der Waals surface area contributed by atoms with E-state index in [-0.39, 0.29) is 12.5 Å². The number of amides is 1. The Labute approximate surface area is 126 Å². The highest BCUT2D eigenvalue weighted by molar-refractivity contribution is 9.10. The van der Waals surface area contributed by atoms with Gasteiger partial charge in [0.15, 0.2) is 0 Å². The van der Waals surface area contributed by atoms with Crippen molar-refractivity contribution in [3.05, 3.63) is 69.7 Å². The molecule has 20 heavy (non-hydrogen) atoms. The lowest BCUT2D eigenvalue weighted by Gasteiger charge is -2.17. The van der Waals surface area contributed by atoms with E-state index in [4.69, 9.17) is 0 Å². The van der Waals surface area contributed by atoms with Crippen LogP contribution in [0.3, 0.4) is 0 Å². The van der Waals surface area contributed by atoms with E-state index < -0.39 is 6.04 Å². The maximum Gasteiger partial charge on any atom is 0.252 e. The normalized spacial score (nSPS) is 11.9. The van der Waals surface area contributed by atoms with E-state index in [1.165, 1.54) is 0 Å². The van der Waals surface area contributed by atoms with Crippen LogP contribution in [-0.4, -0.2) is 17.6 Å². The summed E-state index contributed by atoms with van der Waals surface area (Å²) in [4.78, 5) is 12.3. The van der Waals surface area contributed by atoms with Gasteiger partial charge >= 0.3 is 0 Å². The molecule has 0 radical (unpaired) electrons. The minimum Gasteiger partial charge on any atom is -0.394 e. The Hall–Kier alpha value is -1.65. The summed E-state index contributed by atoms with van der Waals surface area (Å²) in [7, 11) is 0. The Kier molecular flexibility index (Phi) is 4.93. The van der Waals surface area contributed by atoms with Crippen molar-refractivity contribution in [3.63, 3.8) is 0 Å². The first-order chi connectivity index (χ1) is 9.61. The van der Waals surface area contributed by atoms with E-state index >= 15 is 0 Å². The molecule has 0 heterocycles. The molecule has 2 rings (SSSR count). The van der Waals surface area contributed by atoms with Crippen molar-refractivity contribution in [1.82, 2.24) is 5.32 Å². The summed E-state index contributed by atoms with van der Waals surface area (Å²) >= 11 is 3.37. The van der Waals surface area contributed by atoms with Gasteiger partial charge in [-0.2, -0.15) is 0 Å². The number of aliphatic hydroxyl groups excluding tert-OH is 1. The van der Waals surface area contributed by atoms with Crippen LogP contribution in [0, 0.1) is 6.92 Å². The van der Waals surface area contributed by atoms with Gasteiger partial charge in [0.1, 0.15) is 0 Å². The van der Waals surface area contributed by atoms with Gasteiger partial charge in [0.05, 0.1) is 12.6 Å². The molecule has 1 atom stereocenters. The zero-order valence-corrected chi connectivity index (χ0v) is 12.7. The van der Waals surface area contributed by atoms with Crippen molar-refractivity contribution in [2.45, 2.75) is 13.0 Å². The number of hydrogen-bond acceptors (Lipinski definition) is 2. The third-order valence-electron chi connectivity index (χ3n) is 3.12. The van der Waals surface area contributed by atoms with E-state index in [9.17, 15) is 9.90 Å². The summed E-state index contributed by atoms with van der Waals surface area (Å²) in [5.74, 6) is -0.182. The van der Waals surface area contributed by atoms with E-state index in [0.717, 1.165) is 15.6 Å². The molecular weight excluding hydrogens is 318 g/mol. The lowest BCUT2D eigenvalue weighted by molar-refractivity contribution is 0.0915. The van der Waals surface area contributed by atoms with Crippen LogP contribution in [0.5, 0.6) is 0 Å². The predicted molar refractivity (Wildman–Crippen MR) is 82.6 cm³/mol. The lowest BCUT2D eigenvalue weighted by atomic mass is 10.1. The smallest absolute Gasteiger partial charge is 0.252 e. The summed E-state index contributed by atoms with van der Waals surface area (Å²) < 4.78 is 0.938. The molecule has 0 fully saturated rings. The molecule has 1 amide bonds. The third kappa shape index (κ3) is 3.46. The minimum absolute atomic E-state index is 0.134. The molecule has 0 bridgehead atoms. The van der Waals surface area contributed by atoms with Crippen LogP contribution < -0.4 is 5.32 Å². The number of carbonyl (C=O) groups is 1. The third-order valence-corrected chi connectivity index (χ3v) is 3.62. The number of benzene rings is 2. The van der Waals surface area contributed by atoms with Crippen LogP contribution in [0.4, 0.5) is 0 Å². The van der Waals surface area contributed by atoms with Crippen LogP contribution in [0.1, 0.15) is 27.5 Å². The number of nitrogens with one attached hydrogen (secondary N) is 1. The predicted octanol–water partition coefficient (Wildman–Crippen LogP) is 3.22. The van der Waals surface area contributed by atoms with Gasteiger partial charge in [0.2, 0.25) is 0 Å². The molecule has 4 heteroatoms. The fourth-order valence-corrected chi connectivity index (χ4v) is 2.51. The maximum atomic E-state index is 12.3. The zero-order chi connectivity index (χ0) is 14.5. The van der Waals surface area contributed by atoms with Crippen LogP contribution in [0.15, 0.2) is 53.0 Å². The highest BCUT2D eigenvalue weighted by atomic mass is 79.9. The van der Waals surface area contributed by atoms with Gasteiger partial charge in [-0.15, -0.1) is 0 Å². The summed E-state index contributed by atoms with van der Waals surface area (Å²) in [6.07, 6.45) is 0. The molecule has 2 aromatic carbocycles. The average Bonchev–Trinajstić information content (AvgIpc) is 2.45. The molecule has 0 spiro atoms. The second kappa shape index (κ2) is 6.68. The van der Waals surface area contributed by atoms with Gasteiger partial charge in [-0.1, -0.05) is 46.3 Å². The molecule has 0 saturated heterocycles. The van der Waals surface area contributed by atoms with Crippen LogP contribution >= 0.6 is 15.9 Å². The van der Waals surface area contributed by atoms with Gasteiger partial charge in [0, 0.05) is 10.0 Å². The molecule has 0 saturated carbocycles. The molecule has 0 aromatic heterocycles. The Morgan fingerprint density at radius 3 is 2.55 bits per heavy atom.